The molecule has 0 spiro atoms. The van der Waals surface area contributed by atoms with Crippen LogP contribution in [0.5, 0.6) is 0 Å². The van der Waals surface area contributed by atoms with Crippen LogP contribution in [0, 0.1) is 11.3 Å². The van der Waals surface area contributed by atoms with Crippen molar-refractivity contribution >= 4 is 11.6 Å². The fraction of sp³-hybridized carbons (Fsp3) is 0.214. The van der Waals surface area contributed by atoms with Crippen LogP contribution in [-0.2, 0) is 0 Å². The second kappa shape index (κ2) is 5.26. The largest absolute Gasteiger partial charge is 0.330 e. The quantitative estimate of drug-likeness (QED) is 0.921. The second-order valence-corrected chi connectivity index (χ2v) is 4.71. The molecular weight excluding hydrogens is 246 g/mol. The topological polar surface area (TPSA) is 54.7 Å². The molecule has 0 aliphatic heterocycles. The maximum absolute atomic E-state index is 9.10. The first-order chi connectivity index (χ1) is 8.63. The Bertz CT molecular complexity index is 581. The maximum Gasteiger partial charge on any atom is 0.120 e. The van der Waals surface area contributed by atoms with Crippen molar-refractivity contribution in [2.24, 2.45) is 5.73 Å². The van der Waals surface area contributed by atoms with Crippen LogP contribution in [0.25, 0.3) is 0 Å². The summed E-state index contributed by atoms with van der Waals surface area (Å²) in [4.78, 5) is 0. The molecule has 1 heterocycles. The average Bonchev–Trinajstić information content (AvgIpc) is 2.77. The Morgan fingerprint density at radius 2 is 2.11 bits per heavy atom. The maximum atomic E-state index is 9.10. The minimum Gasteiger partial charge on any atom is -0.330 e. The van der Waals surface area contributed by atoms with Gasteiger partial charge in [0.25, 0.3) is 0 Å². The molecule has 2 aromatic rings. The van der Waals surface area contributed by atoms with Crippen molar-refractivity contribution in [3.8, 4) is 6.07 Å². The summed E-state index contributed by atoms with van der Waals surface area (Å²) in [6.45, 7) is 1.92. The molecule has 0 saturated carbocycles. The van der Waals surface area contributed by atoms with Crippen molar-refractivity contribution in [1.29, 1.82) is 5.26 Å². The van der Waals surface area contributed by atoms with Gasteiger partial charge in [-0.05, 0) is 36.8 Å². The van der Waals surface area contributed by atoms with E-state index in [0.29, 0.717) is 10.7 Å². The van der Waals surface area contributed by atoms with Crippen LogP contribution in [0.3, 0.4) is 0 Å². The van der Waals surface area contributed by atoms with Gasteiger partial charge >= 0.3 is 0 Å². The first-order valence-corrected chi connectivity index (χ1v) is 6.09. The number of rotatable bonds is 3. The van der Waals surface area contributed by atoms with Crippen LogP contribution in [0.2, 0.25) is 5.02 Å². The number of halogens is 1. The van der Waals surface area contributed by atoms with E-state index < -0.39 is 0 Å². The Labute approximate surface area is 111 Å². The van der Waals surface area contributed by atoms with Crippen molar-refractivity contribution in [3.63, 3.8) is 0 Å². The lowest BCUT2D eigenvalue weighted by atomic mass is 10.0. The van der Waals surface area contributed by atoms with Crippen molar-refractivity contribution < 1.29 is 0 Å². The third kappa shape index (κ3) is 2.40. The normalized spacial score (nSPS) is 13.9. The van der Waals surface area contributed by atoms with Crippen molar-refractivity contribution in [1.82, 2.24) is 4.57 Å². The van der Waals surface area contributed by atoms with Gasteiger partial charge in [0, 0.05) is 17.3 Å². The highest BCUT2D eigenvalue weighted by atomic mass is 35.5. The molecule has 0 fully saturated rings. The van der Waals surface area contributed by atoms with Gasteiger partial charge in [-0.25, -0.2) is 0 Å². The molecule has 0 bridgehead atoms. The highest BCUT2D eigenvalue weighted by Crippen LogP contribution is 2.25. The first kappa shape index (κ1) is 12.7. The highest BCUT2D eigenvalue weighted by molar-refractivity contribution is 6.30. The molecular formula is C14H14ClN3. The summed E-state index contributed by atoms with van der Waals surface area (Å²) in [6.07, 6.45) is 1.87. The van der Waals surface area contributed by atoms with E-state index in [-0.39, 0.29) is 12.1 Å². The number of hydrogen-bond donors (Lipinski definition) is 1. The minimum atomic E-state index is -0.122. The van der Waals surface area contributed by atoms with Gasteiger partial charge in [0.05, 0.1) is 6.04 Å². The fourth-order valence-electron chi connectivity index (χ4n) is 2.14. The molecule has 2 atom stereocenters. The molecule has 0 radical (unpaired) electrons. The van der Waals surface area contributed by atoms with Gasteiger partial charge in [-0.1, -0.05) is 23.7 Å². The van der Waals surface area contributed by atoms with Gasteiger partial charge in [-0.2, -0.15) is 5.26 Å². The zero-order valence-electron chi connectivity index (χ0n) is 10.0. The van der Waals surface area contributed by atoms with Crippen molar-refractivity contribution in [2.75, 3.05) is 0 Å². The molecule has 1 aromatic carbocycles. The Balaban J connectivity index is 2.51. The zero-order valence-corrected chi connectivity index (χ0v) is 10.8. The monoisotopic (exact) mass is 259 g/mol. The van der Waals surface area contributed by atoms with Gasteiger partial charge in [0.1, 0.15) is 11.8 Å². The number of hydrogen-bond acceptors (Lipinski definition) is 2. The molecule has 92 valence electrons. The van der Waals surface area contributed by atoms with E-state index in [9.17, 15) is 0 Å². The summed E-state index contributed by atoms with van der Waals surface area (Å²) < 4.78 is 1.89. The lowest BCUT2D eigenvalue weighted by Gasteiger charge is -2.24. The van der Waals surface area contributed by atoms with E-state index >= 15 is 0 Å². The van der Waals surface area contributed by atoms with Crippen LogP contribution in [0.15, 0.2) is 42.6 Å². The summed E-state index contributed by atoms with van der Waals surface area (Å²) in [6, 6.07) is 13.2. The first-order valence-electron chi connectivity index (χ1n) is 5.71. The van der Waals surface area contributed by atoms with Crippen LogP contribution < -0.4 is 5.73 Å². The minimum absolute atomic E-state index is 0.0895. The lowest BCUT2D eigenvalue weighted by molar-refractivity contribution is 0.494. The van der Waals surface area contributed by atoms with Crippen molar-refractivity contribution in [2.45, 2.75) is 19.0 Å². The van der Waals surface area contributed by atoms with Crippen LogP contribution in [0.4, 0.5) is 0 Å². The van der Waals surface area contributed by atoms with Gasteiger partial charge in [-0.15, -0.1) is 0 Å². The number of nitrogens with zero attached hydrogens (tertiary/aromatic N) is 2. The fourth-order valence-corrected chi connectivity index (χ4v) is 2.34. The summed E-state index contributed by atoms with van der Waals surface area (Å²) in [7, 11) is 0. The van der Waals surface area contributed by atoms with E-state index in [1.54, 1.807) is 6.07 Å². The van der Waals surface area contributed by atoms with Gasteiger partial charge in [-0.3, -0.25) is 0 Å². The molecule has 0 saturated heterocycles. The van der Waals surface area contributed by atoms with E-state index in [1.165, 1.54) is 0 Å². The smallest absolute Gasteiger partial charge is 0.120 e. The Kier molecular flexibility index (Phi) is 3.71. The zero-order chi connectivity index (χ0) is 13.1. The molecule has 2 unspecified atom stereocenters. The Hall–Kier alpha value is -1.76. The van der Waals surface area contributed by atoms with Crippen molar-refractivity contribution in [3.05, 3.63) is 58.9 Å². The molecule has 3 nitrogen and oxygen atoms in total. The summed E-state index contributed by atoms with van der Waals surface area (Å²) in [5.74, 6) is 0. The van der Waals surface area contributed by atoms with E-state index in [2.05, 4.69) is 6.07 Å². The number of aromatic nitrogens is 1. The molecule has 18 heavy (non-hydrogen) atoms. The highest BCUT2D eigenvalue weighted by Gasteiger charge is 2.20. The van der Waals surface area contributed by atoms with E-state index in [4.69, 9.17) is 22.6 Å². The molecule has 2 N–H and O–H groups in total. The predicted molar refractivity (Wildman–Crippen MR) is 72.4 cm³/mol. The summed E-state index contributed by atoms with van der Waals surface area (Å²) in [5.41, 5.74) is 7.66. The summed E-state index contributed by atoms with van der Waals surface area (Å²) in [5, 5.41) is 9.77. The van der Waals surface area contributed by atoms with Gasteiger partial charge < -0.3 is 10.3 Å². The second-order valence-electron chi connectivity index (χ2n) is 4.27. The SMILES string of the molecule is CC(N)C(c1cccc(Cl)c1)n1cccc1C#N. The molecule has 0 aliphatic carbocycles. The predicted octanol–water partition coefficient (Wildman–Crippen LogP) is 2.95. The number of nitrogens with two attached hydrogens (primary N) is 1. The molecule has 2 rings (SSSR count). The third-order valence-electron chi connectivity index (χ3n) is 2.88. The summed E-state index contributed by atoms with van der Waals surface area (Å²) >= 11 is 6.01. The molecule has 4 heteroatoms. The number of nitriles is 1. The van der Waals surface area contributed by atoms with Crippen LogP contribution >= 0.6 is 11.6 Å². The third-order valence-corrected chi connectivity index (χ3v) is 3.12. The molecule has 0 amide bonds. The van der Waals surface area contributed by atoms with Gasteiger partial charge in [0.15, 0.2) is 0 Å². The van der Waals surface area contributed by atoms with E-state index in [1.807, 2.05) is 48.0 Å². The van der Waals surface area contributed by atoms with Gasteiger partial charge in [0.2, 0.25) is 0 Å². The standard InChI is InChI=1S/C14H14ClN3/c1-10(17)14(11-4-2-5-12(15)8-11)18-7-3-6-13(18)9-16/h2-8,10,14H,17H2,1H3. The lowest BCUT2D eigenvalue weighted by Crippen LogP contribution is -2.30. The Morgan fingerprint density at radius 3 is 2.72 bits per heavy atom. The van der Waals surface area contributed by atoms with Crippen LogP contribution in [0.1, 0.15) is 24.2 Å². The Morgan fingerprint density at radius 1 is 1.33 bits per heavy atom. The molecule has 1 aromatic heterocycles. The van der Waals surface area contributed by atoms with E-state index in [0.717, 1.165) is 5.56 Å². The average molecular weight is 260 g/mol. The van der Waals surface area contributed by atoms with Crippen LogP contribution in [-0.4, -0.2) is 10.6 Å². The molecule has 0 aliphatic rings. The number of benzene rings is 1.